The molecule has 1 amide bonds. The van der Waals surface area contributed by atoms with Crippen molar-refractivity contribution in [1.82, 2.24) is 10.5 Å². The highest BCUT2D eigenvalue weighted by Crippen LogP contribution is 2.32. The van der Waals surface area contributed by atoms with Crippen molar-refractivity contribution in [1.29, 1.82) is 0 Å². The van der Waals surface area contributed by atoms with Gasteiger partial charge in [0.25, 0.3) is 5.91 Å². The van der Waals surface area contributed by atoms with E-state index >= 15 is 0 Å². The molecule has 0 radical (unpaired) electrons. The maximum atomic E-state index is 13.2. The first-order valence-corrected chi connectivity index (χ1v) is 8.84. The summed E-state index contributed by atoms with van der Waals surface area (Å²) in [5, 5.41) is 3.12. The van der Waals surface area contributed by atoms with E-state index in [1.54, 1.807) is 36.7 Å². The topological polar surface area (TPSA) is 63.2 Å². The van der Waals surface area contributed by atoms with Crippen molar-refractivity contribution in [3.05, 3.63) is 95.1 Å². The van der Waals surface area contributed by atoms with Crippen LogP contribution in [0.2, 0.25) is 0 Å². The highest BCUT2D eigenvalue weighted by molar-refractivity contribution is 5.99. The Hall–Kier alpha value is -3.46. The molecule has 156 valence electrons. The van der Waals surface area contributed by atoms with Crippen molar-refractivity contribution in [2.24, 2.45) is 0 Å². The zero-order valence-electron chi connectivity index (χ0n) is 15.5. The van der Waals surface area contributed by atoms with E-state index in [1.165, 1.54) is 0 Å². The second-order valence-electron chi connectivity index (χ2n) is 6.27. The van der Waals surface area contributed by atoms with Crippen LogP contribution in [0.3, 0.4) is 0 Å². The highest BCUT2D eigenvalue weighted by atomic mass is 19.4. The summed E-state index contributed by atoms with van der Waals surface area (Å²) in [6.45, 7) is -0.133. The van der Waals surface area contributed by atoms with Gasteiger partial charge in [0.05, 0.1) is 11.1 Å². The molecule has 0 aliphatic rings. The van der Waals surface area contributed by atoms with Gasteiger partial charge in [-0.05, 0) is 47.5 Å². The molecule has 30 heavy (non-hydrogen) atoms. The Bertz CT molecular complexity index is 1010. The number of anilines is 1. The predicted molar refractivity (Wildman–Crippen MR) is 102 cm³/mol. The summed E-state index contributed by atoms with van der Waals surface area (Å²) in [5.74, 6) is -1.65. The lowest BCUT2D eigenvalue weighted by Gasteiger charge is -2.14. The van der Waals surface area contributed by atoms with Gasteiger partial charge >= 0.3 is 6.18 Å². The van der Waals surface area contributed by atoms with Gasteiger partial charge in [-0.25, -0.2) is 9.87 Å². The van der Waals surface area contributed by atoms with Crippen LogP contribution >= 0.6 is 0 Å². The number of para-hydroxylation sites is 1. The first-order chi connectivity index (χ1) is 14.3. The minimum absolute atomic E-state index is 0.252. The van der Waals surface area contributed by atoms with Gasteiger partial charge in [0.2, 0.25) is 0 Å². The second-order valence-corrected chi connectivity index (χ2v) is 6.27. The van der Waals surface area contributed by atoms with Crippen LogP contribution in [-0.4, -0.2) is 10.9 Å². The van der Waals surface area contributed by atoms with E-state index in [4.69, 9.17) is 4.84 Å². The van der Waals surface area contributed by atoms with Gasteiger partial charge in [-0.15, -0.1) is 0 Å². The van der Waals surface area contributed by atoms with Crippen molar-refractivity contribution in [3.63, 3.8) is 0 Å². The molecule has 0 atom stereocenters. The summed E-state index contributed by atoms with van der Waals surface area (Å²) in [7, 11) is 0. The van der Waals surface area contributed by atoms with Crippen molar-refractivity contribution in [2.75, 3.05) is 5.32 Å². The summed E-state index contributed by atoms with van der Waals surface area (Å²) in [4.78, 5) is 21.3. The Morgan fingerprint density at radius 1 is 1.03 bits per heavy atom. The van der Waals surface area contributed by atoms with Crippen molar-refractivity contribution < 1.29 is 27.2 Å². The standard InChI is InChI=1S/C21H17F4N3O2/c22-16-6-5-15(18(11-16)21(23,24)25)13-30-28-20(29)17-3-1-2-4-19(17)27-12-14-7-9-26-10-8-14/h1-11,27H,12-13H2,(H,28,29). The Kier molecular flexibility index (Phi) is 6.63. The van der Waals surface area contributed by atoms with Gasteiger partial charge in [-0.3, -0.25) is 14.6 Å². The molecule has 1 aromatic heterocycles. The number of hydrogen-bond acceptors (Lipinski definition) is 4. The van der Waals surface area contributed by atoms with Crippen LogP contribution in [0, 0.1) is 5.82 Å². The molecular weight excluding hydrogens is 402 g/mol. The lowest BCUT2D eigenvalue weighted by atomic mass is 10.1. The van der Waals surface area contributed by atoms with E-state index < -0.39 is 30.1 Å². The van der Waals surface area contributed by atoms with E-state index in [2.05, 4.69) is 15.8 Å². The number of rotatable bonds is 7. The van der Waals surface area contributed by atoms with E-state index in [0.717, 1.165) is 17.7 Å². The molecule has 1 heterocycles. The number of nitrogens with one attached hydrogen (secondary N) is 2. The van der Waals surface area contributed by atoms with Crippen LogP contribution in [0.15, 0.2) is 67.0 Å². The number of benzene rings is 2. The third-order valence-electron chi connectivity index (χ3n) is 4.17. The molecule has 5 nitrogen and oxygen atoms in total. The molecule has 0 aliphatic heterocycles. The van der Waals surface area contributed by atoms with Gasteiger partial charge in [0, 0.05) is 24.6 Å². The maximum absolute atomic E-state index is 13.2. The normalized spacial score (nSPS) is 11.2. The van der Waals surface area contributed by atoms with Crippen LogP contribution in [0.25, 0.3) is 0 Å². The first kappa shape index (κ1) is 21.3. The van der Waals surface area contributed by atoms with Gasteiger partial charge in [0.1, 0.15) is 12.4 Å². The molecule has 0 spiro atoms. The Morgan fingerprint density at radius 3 is 2.50 bits per heavy atom. The average Bonchev–Trinajstić information content (AvgIpc) is 2.73. The maximum Gasteiger partial charge on any atom is 0.416 e. The average molecular weight is 419 g/mol. The third-order valence-corrected chi connectivity index (χ3v) is 4.17. The number of aromatic nitrogens is 1. The van der Waals surface area contributed by atoms with Gasteiger partial charge in [0.15, 0.2) is 0 Å². The summed E-state index contributed by atoms with van der Waals surface area (Å²) < 4.78 is 52.3. The van der Waals surface area contributed by atoms with Crippen molar-refractivity contribution in [3.8, 4) is 0 Å². The van der Waals surface area contributed by atoms with Crippen LogP contribution < -0.4 is 10.8 Å². The lowest BCUT2D eigenvalue weighted by molar-refractivity contribution is -0.139. The van der Waals surface area contributed by atoms with E-state index in [1.807, 2.05) is 12.1 Å². The van der Waals surface area contributed by atoms with Gasteiger partial charge in [-0.2, -0.15) is 13.2 Å². The number of hydrogen-bond donors (Lipinski definition) is 2. The Balaban J connectivity index is 1.64. The summed E-state index contributed by atoms with van der Waals surface area (Å²) >= 11 is 0. The number of pyridine rings is 1. The van der Waals surface area contributed by atoms with Crippen molar-refractivity contribution in [2.45, 2.75) is 19.3 Å². The van der Waals surface area contributed by atoms with Crippen LogP contribution in [0.4, 0.5) is 23.2 Å². The molecule has 3 rings (SSSR count). The minimum atomic E-state index is -4.74. The number of halogens is 4. The van der Waals surface area contributed by atoms with Gasteiger partial charge < -0.3 is 5.32 Å². The number of alkyl halides is 3. The third kappa shape index (κ3) is 5.54. The first-order valence-electron chi connectivity index (χ1n) is 8.84. The molecule has 9 heteroatoms. The Labute approximate surface area is 169 Å². The zero-order chi connectivity index (χ0) is 21.6. The number of hydroxylamine groups is 1. The molecule has 3 aromatic rings. The molecule has 2 N–H and O–H groups in total. The second kappa shape index (κ2) is 9.36. The molecular formula is C21H17F4N3O2. The molecule has 0 fully saturated rings. The zero-order valence-corrected chi connectivity index (χ0v) is 15.5. The smallest absolute Gasteiger partial charge is 0.380 e. The number of carbonyl (C=O) groups excluding carboxylic acids is 1. The summed E-state index contributed by atoms with van der Waals surface area (Å²) in [6, 6.07) is 12.5. The SMILES string of the molecule is O=C(NOCc1ccc(F)cc1C(F)(F)F)c1ccccc1NCc1ccncc1. The van der Waals surface area contributed by atoms with Crippen LogP contribution in [-0.2, 0) is 24.2 Å². The van der Waals surface area contributed by atoms with E-state index in [-0.39, 0.29) is 11.1 Å². The molecule has 0 saturated heterocycles. The van der Waals surface area contributed by atoms with Crippen molar-refractivity contribution >= 4 is 11.6 Å². The predicted octanol–water partition coefficient (Wildman–Crippen LogP) is 4.71. The minimum Gasteiger partial charge on any atom is -0.380 e. The molecule has 0 unspecified atom stereocenters. The van der Waals surface area contributed by atoms with E-state index in [0.29, 0.717) is 18.3 Å². The fourth-order valence-corrected chi connectivity index (χ4v) is 2.71. The number of nitrogens with zero attached hydrogens (tertiary/aromatic N) is 1. The Morgan fingerprint density at radius 2 is 1.77 bits per heavy atom. The number of carbonyl (C=O) groups is 1. The highest BCUT2D eigenvalue weighted by Gasteiger charge is 2.33. The molecule has 0 aliphatic carbocycles. The fourth-order valence-electron chi connectivity index (χ4n) is 2.71. The van der Waals surface area contributed by atoms with Crippen LogP contribution in [0.1, 0.15) is 27.0 Å². The quantitative estimate of drug-likeness (QED) is 0.430. The monoisotopic (exact) mass is 419 g/mol. The van der Waals surface area contributed by atoms with E-state index in [9.17, 15) is 22.4 Å². The van der Waals surface area contributed by atoms with Gasteiger partial charge in [-0.1, -0.05) is 18.2 Å². The number of amides is 1. The fraction of sp³-hybridized carbons (Fsp3) is 0.143. The summed E-state index contributed by atoms with van der Waals surface area (Å²) in [6.07, 6.45) is -1.45. The molecule has 2 aromatic carbocycles. The lowest BCUT2D eigenvalue weighted by Crippen LogP contribution is -2.25. The molecule has 0 bridgehead atoms. The largest absolute Gasteiger partial charge is 0.416 e. The van der Waals surface area contributed by atoms with Crippen LogP contribution in [0.5, 0.6) is 0 Å². The molecule has 0 saturated carbocycles. The summed E-state index contributed by atoms with van der Waals surface area (Å²) in [5.41, 5.74) is 2.40.